The minimum absolute atomic E-state index is 0.323. The van der Waals surface area contributed by atoms with Gasteiger partial charge in [-0.05, 0) is 25.5 Å². The lowest BCUT2D eigenvalue weighted by molar-refractivity contribution is -0.137. The number of carbonyl (C=O) groups excluding carboxylic acids is 1. The largest absolute Gasteiger partial charge is 0.416 e. The molecule has 2 rings (SSSR count). The van der Waals surface area contributed by atoms with E-state index in [9.17, 15) is 18.0 Å². The van der Waals surface area contributed by atoms with Crippen molar-refractivity contribution in [3.63, 3.8) is 0 Å². The fraction of sp³-hybridized carbons (Fsp3) is 0.412. The quantitative estimate of drug-likeness (QED) is 0.910. The lowest BCUT2D eigenvalue weighted by Crippen LogP contribution is -2.41. The number of hydrogen-bond donors (Lipinski definition) is 1. The van der Waals surface area contributed by atoms with Crippen LogP contribution in [0.4, 0.5) is 13.2 Å². The molecule has 0 atom stereocenters. The summed E-state index contributed by atoms with van der Waals surface area (Å²) in [6.07, 6.45) is -0.401. The number of nitrogens with zero attached hydrogens (tertiary/aromatic N) is 2. The Morgan fingerprint density at radius 3 is 2.50 bits per heavy atom. The summed E-state index contributed by atoms with van der Waals surface area (Å²) in [4.78, 5) is 16.6. The number of hydrogen-bond acceptors (Lipinski definition) is 2. The molecule has 2 aromatic rings. The van der Waals surface area contributed by atoms with Crippen LogP contribution in [0.25, 0.3) is 0 Å². The van der Waals surface area contributed by atoms with Crippen molar-refractivity contribution in [1.29, 1.82) is 0 Å². The zero-order valence-corrected chi connectivity index (χ0v) is 13.8. The number of carbonyl (C=O) groups is 1. The van der Waals surface area contributed by atoms with Gasteiger partial charge in [-0.15, -0.1) is 0 Å². The number of halogens is 3. The molecule has 1 heterocycles. The number of rotatable bonds is 5. The van der Waals surface area contributed by atoms with Crippen LogP contribution in [-0.4, -0.2) is 22.0 Å². The molecule has 0 aliphatic heterocycles. The van der Waals surface area contributed by atoms with Crippen LogP contribution in [0, 0.1) is 0 Å². The molecule has 0 radical (unpaired) electrons. The smallest absolute Gasteiger partial charge is 0.355 e. The first-order chi connectivity index (χ1) is 11.1. The average Bonchev–Trinajstić information content (AvgIpc) is 2.92. The van der Waals surface area contributed by atoms with E-state index >= 15 is 0 Å². The van der Waals surface area contributed by atoms with Gasteiger partial charge in [-0.1, -0.05) is 18.2 Å². The maximum absolute atomic E-state index is 12.8. The lowest BCUT2D eigenvalue weighted by atomic mass is 9.83. The summed E-state index contributed by atoms with van der Waals surface area (Å²) in [7, 11) is 1.86. The third-order valence-electron chi connectivity index (χ3n) is 4.03. The van der Waals surface area contributed by atoms with E-state index in [-0.39, 0.29) is 5.91 Å². The van der Waals surface area contributed by atoms with Gasteiger partial charge in [-0.3, -0.25) is 4.79 Å². The van der Waals surface area contributed by atoms with Crippen LogP contribution in [0.15, 0.2) is 36.7 Å². The summed E-state index contributed by atoms with van der Waals surface area (Å²) in [5.74, 6) is 0.503. The molecular formula is C17H20F3N3O. The Morgan fingerprint density at radius 2 is 1.92 bits per heavy atom. The molecule has 4 nitrogen and oxygen atoms in total. The molecule has 0 fully saturated rings. The van der Waals surface area contributed by atoms with Gasteiger partial charge in [0.2, 0.25) is 5.91 Å². The summed E-state index contributed by atoms with van der Waals surface area (Å²) >= 11 is 0. The van der Waals surface area contributed by atoms with Crippen LogP contribution < -0.4 is 5.32 Å². The third-order valence-corrected chi connectivity index (χ3v) is 4.03. The predicted molar refractivity (Wildman–Crippen MR) is 84.4 cm³/mol. The van der Waals surface area contributed by atoms with Crippen LogP contribution in [0.5, 0.6) is 0 Å². The van der Waals surface area contributed by atoms with Gasteiger partial charge < -0.3 is 9.88 Å². The molecule has 0 saturated heterocycles. The Kier molecular flexibility index (Phi) is 5.01. The van der Waals surface area contributed by atoms with Crippen molar-refractivity contribution < 1.29 is 18.0 Å². The van der Waals surface area contributed by atoms with Crippen molar-refractivity contribution in [3.05, 3.63) is 53.6 Å². The summed E-state index contributed by atoms with van der Waals surface area (Å²) in [5.41, 5.74) is -1.50. The number of imidazole rings is 1. The van der Waals surface area contributed by atoms with Crippen LogP contribution in [-0.2, 0) is 29.9 Å². The minimum Gasteiger partial charge on any atom is -0.355 e. The maximum Gasteiger partial charge on any atom is 0.416 e. The highest BCUT2D eigenvalue weighted by atomic mass is 19.4. The van der Waals surface area contributed by atoms with E-state index in [0.717, 1.165) is 18.0 Å². The SMILES string of the molecule is Cn1ccnc1CCNC(=O)C(C)(C)c1cccc(C(F)(F)F)c1. The van der Waals surface area contributed by atoms with Crippen molar-refractivity contribution in [2.75, 3.05) is 6.54 Å². The predicted octanol–water partition coefficient (Wildman–Crippen LogP) is 3.08. The number of aryl methyl sites for hydroxylation is 1. The van der Waals surface area contributed by atoms with Crippen molar-refractivity contribution in [3.8, 4) is 0 Å². The molecule has 1 aromatic carbocycles. The Morgan fingerprint density at radius 1 is 1.25 bits per heavy atom. The number of amides is 1. The summed E-state index contributed by atoms with van der Waals surface area (Å²) in [5, 5.41) is 2.77. The highest BCUT2D eigenvalue weighted by molar-refractivity contribution is 5.87. The fourth-order valence-electron chi connectivity index (χ4n) is 2.36. The average molecular weight is 339 g/mol. The van der Waals surface area contributed by atoms with Crippen LogP contribution in [0.3, 0.4) is 0 Å². The van der Waals surface area contributed by atoms with Gasteiger partial charge in [0.05, 0.1) is 11.0 Å². The Balaban J connectivity index is 2.06. The minimum atomic E-state index is -4.43. The molecule has 1 N–H and O–H groups in total. The van der Waals surface area contributed by atoms with Crippen molar-refractivity contribution in [2.24, 2.45) is 7.05 Å². The van der Waals surface area contributed by atoms with E-state index in [0.29, 0.717) is 18.5 Å². The Bertz CT molecular complexity index is 720. The van der Waals surface area contributed by atoms with Gasteiger partial charge >= 0.3 is 6.18 Å². The second kappa shape index (κ2) is 6.67. The molecular weight excluding hydrogens is 319 g/mol. The standard InChI is InChI=1S/C17H20F3N3O/c1-16(2,12-5-4-6-13(11-12)17(18,19)20)15(24)22-8-7-14-21-9-10-23(14)3/h4-6,9-11H,7-8H2,1-3H3,(H,22,24). The highest BCUT2D eigenvalue weighted by Gasteiger charge is 2.34. The molecule has 130 valence electrons. The highest BCUT2D eigenvalue weighted by Crippen LogP contribution is 2.32. The maximum atomic E-state index is 12.8. The summed E-state index contributed by atoms with van der Waals surface area (Å²) in [6.45, 7) is 3.59. The van der Waals surface area contributed by atoms with Crippen LogP contribution in [0.1, 0.15) is 30.8 Å². The van der Waals surface area contributed by atoms with E-state index < -0.39 is 17.2 Å². The third kappa shape index (κ3) is 3.96. The van der Waals surface area contributed by atoms with E-state index in [1.165, 1.54) is 12.1 Å². The van der Waals surface area contributed by atoms with Gasteiger partial charge in [-0.2, -0.15) is 13.2 Å². The molecule has 0 spiro atoms. The molecule has 0 unspecified atom stereocenters. The molecule has 0 bridgehead atoms. The normalized spacial score (nSPS) is 12.2. The number of nitrogens with one attached hydrogen (secondary N) is 1. The van der Waals surface area contributed by atoms with Gasteiger partial charge in [-0.25, -0.2) is 4.98 Å². The fourth-order valence-corrected chi connectivity index (χ4v) is 2.36. The molecule has 0 saturated carbocycles. The first-order valence-corrected chi connectivity index (χ1v) is 7.54. The van der Waals surface area contributed by atoms with Crippen LogP contribution >= 0.6 is 0 Å². The number of benzene rings is 1. The van der Waals surface area contributed by atoms with Crippen LogP contribution in [0.2, 0.25) is 0 Å². The summed E-state index contributed by atoms with van der Waals surface area (Å²) < 4.78 is 40.4. The zero-order chi connectivity index (χ0) is 18.0. The zero-order valence-electron chi connectivity index (χ0n) is 13.8. The van der Waals surface area contributed by atoms with Gasteiger partial charge in [0.1, 0.15) is 5.82 Å². The van der Waals surface area contributed by atoms with Crippen molar-refractivity contribution in [1.82, 2.24) is 14.9 Å². The van der Waals surface area contributed by atoms with Gasteiger partial charge in [0, 0.05) is 32.4 Å². The van der Waals surface area contributed by atoms with Crippen molar-refractivity contribution in [2.45, 2.75) is 31.9 Å². The van der Waals surface area contributed by atoms with Gasteiger partial charge in [0.25, 0.3) is 0 Å². The lowest BCUT2D eigenvalue weighted by Gasteiger charge is -2.25. The first kappa shape index (κ1) is 18.0. The Hall–Kier alpha value is -2.31. The number of aromatic nitrogens is 2. The van der Waals surface area contributed by atoms with Gasteiger partial charge in [0.15, 0.2) is 0 Å². The molecule has 0 aliphatic carbocycles. The van der Waals surface area contributed by atoms with E-state index in [4.69, 9.17) is 0 Å². The van der Waals surface area contributed by atoms with E-state index in [1.807, 2.05) is 17.8 Å². The molecule has 7 heteroatoms. The molecule has 24 heavy (non-hydrogen) atoms. The Labute approximate surface area is 138 Å². The molecule has 1 aromatic heterocycles. The second-order valence-corrected chi connectivity index (χ2v) is 6.16. The number of alkyl halides is 3. The summed E-state index contributed by atoms with van der Waals surface area (Å²) in [6, 6.07) is 4.88. The second-order valence-electron chi connectivity index (χ2n) is 6.16. The topological polar surface area (TPSA) is 46.9 Å². The first-order valence-electron chi connectivity index (χ1n) is 7.54. The molecule has 1 amide bonds. The van der Waals surface area contributed by atoms with E-state index in [1.54, 1.807) is 20.0 Å². The van der Waals surface area contributed by atoms with E-state index in [2.05, 4.69) is 10.3 Å². The van der Waals surface area contributed by atoms with Crippen molar-refractivity contribution >= 4 is 5.91 Å². The monoisotopic (exact) mass is 339 g/mol. The molecule has 0 aliphatic rings.